The molecule has 3 aromatic rings. The van der Waals surface area contributed by atoms with E-state index in [1.165, 1.54) is 6.08 Å². The van der Waals surface area contributed by atoms with E-state index in [9.17, 15) is 9.59 Å². The number of methoxy groups -OCH3 is 1. The number of carbonyl (C=O) groups is 2. The molecule has 0 saturated heterocycles. The Morgan fingerprint density at radius 3 is 2.40 bits per heavy atom. The van der Waals surface area contributed by atoms with Gasteiger partial charge in [-0.25, -0.2) is 4.79 Å². The van der Waals surface area contributed by atoms with Crippen LogP contribution >= 0.6 is 0 Å². The van der Waals surface area contributed by atoms with Crippen LogP contribution in [0.25, 0.3) is 6.08 Å². The van der Waals surface area contributed by atoms with Gasteiger partial charge in [-0.2, -0.15) is 0 Å². The Labute approximate surface area is 206 Å². The number of carbonyl (C=O) groups excluding carboxylic acids is 2. The number of rotatable bonds is 10. The molecule has 0 heterocycles. The Balaban J connectivity index is 1.57. The molecule has 0 saturated carbocycles. The molecule has 0 bridgehead atoms. The Morgan fingerprint density at radius 2 is 1.71 bits per heavy atom. The largest absolute Gasteiger partial charge is 0.493 e. The lowest BCUT2D eigenvalue weighted by molar-refractivity contribution is -0.111. The third kappa shape index (κ3) is 7.74. The molecule has 1 N–H and O–H groups in total. The van der Waals surface area contributed by atoms with Crippen LogP contribution in [-0.2, 0) is 16.1 Å². The third-order valence-corrected chi connectivity index (χ3v) is 5.20. The predicted molar refractivity (Wildman–Crippen MR) is 138 cm³/mol. The zero-order valence-electron chi connectivity index (χ0n) is 20.5. The minimum atomic E-state index is -0.378. The first kappa shape index (κ1) is 25.6. The van der Waals surface area contributed by atoms with Gasteiger partial charge in [-0.3, -0.25) is 4.79 Å². The van der Waals surface area contributed by atoms with Crippen LogP contribution in [0.3, 0.4) is 0 Å². The first-order valence-corrected chi connectivity index (χ1v) is 11.5. The molecular weight excluding hydrogens is 442 g/mol. The standard InChI is InChI=1S/C29H31NO5/c1-20(2)18-35-29(32)23-11-13-25(14-12-23)30-28(31)16-10-22-9-15-26(27(17-22)33-4)34-19-24-8-6-5-7-21(24)3/h5-17,20H,18-19H2,1-4H3,(H,30,31). The Hall–Kier alpha value is -4.06. The molecule has 6 heteroatoms. The van der Waals surface area contributed by atoms with Gasteiger partial charge in [0.1, 0.15) is 6.61 Å². The number of aryl methyl sites for hydroxylation is 1. The van der Waals surface area contributed by atoms with Crippen molar-refractivity contribution in [3.63, 3.8) is 0 Å². The summed E-state index contributed by atoms with van der Waals surface area (Å²) in [6, 6.07) is 20.1. The molecule has 35 heavy (non-hydrogen) atoms. The smallest absolute Gasteiger partial charge is 0.338 e. The zero-order valence-corrected chi connectivity index (χ0v) is 20.5. The summed E-state index contributed by atoms with van der Waals surface area (Å²) in [6.07, 6.45) is 3.13. The van der Waals surface area contributed by atoms with E-state index in [2.05, 4.69) is 5.32 Å². The van der Waals surface area contributed by atoms with Gasteiger partial charge < -0.3 is 19.5 Å². The van der Waals surface area contributed by atoms with E-state index < -0.39 is 0 Å². The van der Waals surface area contributed by atoms with Crippen molar-refractivity contribution in [3.05, 3.63) is 95.1 Å². The fourth-order valence-electron chi connectivity index (χ4n) is 3.21. The zero-order chi connectivity index (χ0) is 25.2. The monoisotopic (exact) mass is 473 g/mol. The van der Waals surface area contributed by atoms with E-state index in [-0.39, 0.29) is 17.8 Å². The van der Waals surface area contributed by atoms with Gasteiger partial charge in [0.15, 0.2) is 11.5 Å². The lowest BCUT2D eigenvalue weighted by Gasteiger charge is -2.12. The van der Waals surface area contributed by atoms with Crippen molar-refractivity contribution in [2.24, 2.45) is 5.92 Å². The first-order valence-electron chi connectivity index (χ1n) is 11.5. The number of hydrogen-bond acceptors (Lipinski definition) is 5. The van der Waals surface area contributed by atoms with Crippen molar-refractivity contribution in [1.29, 1.82) is 0 Å². The number of nitrogens with one attached hydrogen (secondary N) is 1. The van der Waals surface area contributed by atoms with Crippen LogP contribution in [-0.4, -0.2) is 25.6 Å². The average molecular weight is 474 g/mol. The lowest BCUT2D eigenvalue weighted by Crippen LogP contribution is -2.11. The van der Waals surface area contributed by atoms with E-state index in [0.717, 1.165) is 16.7 Å². The third-order valence-electron chi connectivity index (χ3n) is 5.20. The van der Waals surface area contributed by atoms with Gasteiger partial charge in [-0.05, 0) is 72.0 Å². The summed E-state index contributed by atoms with van der Waals surface area (Å²) < 4.78 is 16.6. The maximum atomic E-state index is 12.3. The van der Waals surface area contributed by atoms with E-state index in [4.69, 9.17) is 14.2 Å². The van der Waals surface area contributed by atoms with Crippen molar-refractivity contribution >= 4 is 23.6 Å². The van der Waals surface area contributed by atoms with Gasteiger partial charge in [0.05, 0.1) is 19.3 Å². The normalized spacial score (nSPS) is 10.9. The highest BCUT2D eigenvalue weighted by molar-refractivity contribution is 6.02. The van der Waals surface area contributed by atoms with E-state index in [1.54, 1.807) is 37.5 Å². The van der Waals surface area contributed by atoms with E-state index in [1.807, 2.05) is 63.2 Å². The van der Waals surface area contributed by atoms with E-state index in [0.29, 0.717) is 36.0 Å². The van der Waals surface area contributed by atoms with Gasteiger partial charge in [0, 0.05) is 11.8 Å². The highest BCUT2D eigenvalue weighted by Crippen LogP contribution is 2.29. The van der Waals surface area contributed by atoms with Crippen LogP contribution in [0.1, 0.15) is 40.9 Å². The highest BCUT2D eigenvalue weighted by atomic mass is 16.5. The van der Waals surface area contributed by atoms with Gasteiger partial charge in [-0.1, -0.05) is 44.2 Å². The summed E-state index contributed by atoms with van der Waals surface area (Å²) in [7, 11) is 1.58. The number of benzene rings is 3. The number of hydrogen-bond donors (Lipinski definition) is 1. The van der Waals surface area contributed by atoms with Crippen LogP contribution in [0, 0.1) is 12.8 Å². The number of esters is 1. The molecule has 0 unspecified atom stereocenters. The molecular formula is C29H31NO5. The minimum absolute atomic E-state index is 0.270. The molecule has 0 atom stereocenters. The number of anilines is 1. The molecule has 0 radical (unpaired) electrons. The Bertz CT molecular complexity index is 1180. The molecule has 6 nitrogen and oxygen atoms in total. The summed E-state index contributed by atoms with van der Waals surface area (Å²) in [6.45, 7) is 6.81. The van der Waals surface area contributed by atoms with Gasteiger partial charge >= 0.3 is 5.97 Å². The summed E-state index contributed by atoms with van der Waals surface area (Å²) in [5, 5.41) is 2.78. The second kappa shape index (κ2) is 12.4. The molecule has 0 aliphatic heterocycles. The van der Waals surface area contributed by atoms with Crippen molar-refractivity contribution in [3.8, 4) is 11.5 Å². The molecule has 3 aromatic carbocycles. The fourth-order valence-corrected chi connectivity index (χ4v) is 3.21. The molecule has 0 aliphatic carbocycles. The molecule has 0 aliphatic rings. The van der Waals surface area contributed by atoms with Crippen LogP contribution in [0.15, 0.2) is 72.8 Å². The van der Waals surface area contributed by atoms with Crippen molar-refractivity contribution in [2.45, 2.75) is 27.4 Å². The van der Waals surface area contributed by atoms with Crippen LogP contribution in [0.4, 0.5) is 5.69 Å². The quantitative estimate of drug-likeness (QED) is 0.287. The molecule has 3 rings (SSSR count). The topological polar surface area (TPSA) is 73.9 Å². The minimum Gasteiger partial charge on any atom is -0.493 e. The van der Waals surface area contributed by atoms with Crippen LogP contribution in [0.5, 0.6) is 11.5 Å². The Kier molecular flexibility index (Phi) is 9.07. The Morgan fingerprint density at radius 1 is 0.971 bits per heavy atom. The molecule has 0 fully saturated rings. The number of amides is 1. The van der Waals surface area contributed by atoms with Crippen LogP contribution < -0.4 is 14.8 Å². The molecule has 1 amide bonds. The molecule has 0 spiro atoms. The van der Waals surface area contributed by atoms with Gasteiger partial charge in [0.25, 0.3) is 0 Å². The summed E-state index contributed by atoms with van der Waals surface area (Å²) >= 11 is 0. The predicted octanol–water partition coefficient (Wildman–Crippen LogP) is 6.05. The van der Waals surface area contributed by atoms with Crippen molar-refractivity contribution in [2.75, 3.05) is 19.0 Å². The SMILES string of the molecule is COc1cc(C=CC(=O)Nc2ccc(C(=O)OCC(C)C)cc2)ccc1OCc1ccccc1C. The van der Waals surface area contributed by atoms with Gasteiger partial charge in [0.2, 0.25) is 5.91 Å². The lowest BCUT2D eigenvalue weighted by atomic mass is 10.1. The average Bonchev–Trinajstić information content (AvgIpc) is 2.86. The van der Waals surface area contributed by atoms with Crippen molar-refractivity contribution in [1.82, 2.24) is 0 Å². The molecule has 0 aromatic heterocycles. The molecule has 182 valence electrons. The van der Waals surface area contributed by atoms with Gasteiger partial charge in [-0.15, -0.1) is 0 Å². The van der Waals surface area contributed by atoms with E-state index >= 15 is 0 Å². The van der Waals surface area contributed by atoms with Crippen LogP contribution in [0.2, 0.25) is 0 Å². The second-order valence-corrected chi connectivity index (χ2v) is 8.52. The maximum absolute atomic E-state index is 12.3. The summed E-state index contributed by atoms with van der Waals surface area (Å²) in [5.41, 5.74) is 4.09. The second-order valence-electron chi connectivity index (χ2n) is 8.52. The highest BCUT2D eigenvalue weighted by Gasteiger charge is 2.09. The summed E-state index contributed by atoms with van der Waals surface area (Å²) in [4.78, 5) is 24.4. The first-order chi connectivity index (χ1) is 16.9. The fraction of sp³-hybridized carbons (Fsp3) is 0.241. The maximum Gasteiger partial charge on any atom is 0.338 e. The summed E-state index contributed by atoms with van der Waals surface area (Å²) in [5.74, 6) is 0.813. The van der Waals surface area contributed by atoms with Crippen molar-refractivity contribution < 1.29 is 23.8 Å². The number of ether oxygens (including phenoxy) is 3.